The second-order valence-electron chi connectivity index (χ2n) is 4.59. The molecule has 0 heterocycles. The number of hydrogen-bond acceptors (Lipinski definition) is 2. The van der Waals surface area contributed by atoms with Crippen molar-refractivity contribution in [1.82, 2.24) is 0 Å². The van der Waals surface area contributed by atoms with Crippen LogP contribution in [-0.4, -0.2) is 15.5 Å². The van der Waals surface area contributed by atoms with Crippen LogP contribution in [-0.2, 0) is 16.2 Å². The average Bonchev–Trinajstić information content (AvgIpc) is 2.46. The summed E-state index contributed by atoms with van der Waals surface area (Å²) in [5.41, 5.74) is -1.26. The normalized spacial score (nSPS) is 12.3. The Morgan fingerprint density at radius 3 is 2.09 bits per heavy atom. The van der Waals surface area contributed by atoms with Crippen molar-refractivity contribution in [3.05, 3.63) is 58.1 Å². The second kappa shape index (κ2) is 6.22. The molecule has 0 aliphatic rings. The fourth-order valence-corrected chi connectivity index (χ4v) is 3.37. The van der Waals surface area contributed by atoms with Crippen molar-refractivity contribution in [2.75, 3.05) is 11.4 Å². The van der Waals surface area contributed by atoms with Gasteiger partial charge in [-0.25, -0.2) is 8.42 Å². The first-order chi connectivity index (χ1) is 10.5. The Hall–Kier alpha value is -1.44. The minimum atomic E-state index is -4.68. The molecule has 0 unspecified atom stereocenters. The molecule has 0 saturated carbocycles. The minimum Gasteiger partial charge on any atom is -0.269 e. The van der Waals surface area contributed by atoms with Crippen LogP contribution in [0.25, 0.3) is 0 Å². The number of benzene rings is 2. The van der Waals surface area contributed by atoms with Crippen molar-refractivity contribution >= 4 is 38.9 Å². The first-order valence-corrected chi connectivity index (χ1v) is 8.34. The van der Waals surface area contributed by atoms with Crippen molar-refractivity contribution in [1.29, 1.82) is 0 Å². The van der Waals surface area contributed by atoms with E-state index in [1.807, 2.05) is 0 Å². The lowest BCUT2D eigenvalue weighted by Crippen LogP contribution is -2.26. The van der Waals surface area contributed by atoms with Gasteiger partial charge in [0, 0.05) is 12.1 Å². The summed E-state index contributed by atoms with van der Waals surface area (Å²) < 4.78 is 64.3. The Kier molecular flexibility index (Phi) is 4.84. The molecule has 0 aromatic heterocycles. The van der Waals surface area contributed by atoms with E-state index >= 15 is 0 Å². The van der Waals surface area contributed by atoms with E-state index in [0.29, 0.717) is 11.1 Å². The third-order valence-electron chi connectivity index (χ3n) is 3.09. The van der Waals surface area contributed by atoms with Crippen LogP contribution in [0.5, 0.6) is 0 Å². The molecule has 0 bridgehead atoms. The number of hydrogen-bond donors (Lipinski definition) is 0. The highest BCUT2D eigenvalue weighted by molar-refractivity contribution is 7.92. The Labute approximate surface area is 141 Å². The van der Waals surface area contributed by atoms with Crippen molar-refractivity contribution in [3.8, 4) is 0 Å². The number of nitrogens with zero attached hydrogens (tertiary/aromatic N) is 1. The molecule has 0 spiro atoms. The lowest BCUT2D eigenvalue weighted by Gasteiger charge is -2.21. The lowest BCUT2D eigenvalue weighted by atomic mass is 10.2. The standard InChI is InChI=1S/C14H10Cl2F3NO2S/c1-20(23(21,22)11-5-2-9(15)3-6-11)10-4-7-13(16)12(8-10)14(17,18)19/h2-8H,1H3. The maximum atomic E-state index is 12.9. The van der Waals surface area contributed by atoms with Gasteiger partial charge in [0.15, 0.2) is 0 Å². The van der Waals surface area contributed by atoms with Gasteiger partial charge in [0.25, 0.3) is 10.0 Å². The maximum Gasteiger partial charge on any atom is 0.417 e. The van der Waals surface area contributed by atoms with Crippen molar-refractivity contribution in [3.63, 3.8) is 0 Å². The molecule has 0 amide bonds. The van der Waals surface area contributed by atoms with Crippen LogP contribution >= 0.6 is 23.2 Å². The lowest BCUT2D eigenvalue weighted by molar-refractivity contribution is -0.137. The molecular weight excluding hydrogens is 374 g/mol. The first-order valence-electron chi connectivity index (χ1n) is 6.15. The van der Waals surface area contributed by atoms with Crippen molar-refractivity contribution in [2.45, 2.75) is 11.1 Å². The fourth-order valence-electron chi connectivity index (χ4n) is 1.83. The molecule has 0 aliphatic heterocycles. The van der Waals surface area contributed by atoms with Gasteiger partial charge in [0.2, 0.25) is 0 Å². The van der Waals surface area contributed by atoms with E-state index in [2.05, 4.69) is 0 Å². The number of alkyl halides is 3. The zero-order chi connectivity index (χ0) is 17.4. The van der Waals surface area contributed by atoms with E-state index in [-0.39, 0.29) is 10.6 Å². The highest BCUT2D eigenvalue weighted by atomic mass is 35.5. The molecule has 2 rings (SSSR count). The zero-order valence-electron chi connectivity index (χ0n) is 11.6. The molecule has 9 heteroatoms. The van der Waals surface area contributed by atoms with E-state index < -0.39 is 26.8 Å². The van der Waals surface area contributed by atoms with Gasteiger partial charge in [-0.05, 0) is 42.5 Å². The predicted molar refractivity (Wildman–Crippen MR) is 83.5 cm³/mol. The molecule has 124 valence electrons. The highest BCUT2D eigenvalue weighted by Crippen LogP contribution is 2.37. The Morgan fingerprint density at radius 1 is 1.00 bits per heavy atom. The summed E-state index contributed by atoms with van der Waals surface area (Å²) in [6, 6.07) is 8.20. The minimum absolute atomic E-state index is 0.0899. The summed E-state index contributed by atoms with van der Waals surface area (Å²) in [5.74, 6) is 0. The molecule has 0 atom stereocenters. The summed E-state index contributed by atoms with van der Waals surface area (Å²) in [5, 5.41) is -0.156. The van der Waals surface area contributed by atoms with Crippen LogP contribution in [0.4, 0.5) is 18.9 Å². The second-order valence-corrected chi connectivity index (χ2v) is 7.40. The largest absolute Gasteiger partial charge is 0.417 e. The molecular formula is C14H10Cl2F3NO2S. The van der Waals surface area contributed by atoms with E-state index in [0.717, 1.165) is 17.4 Å². The Balaban J connectivity index is 2.48. The van der Waals surface area contributed by atoms with Crippen LogP contribution in [0.15, 0.2) is 47.4 Å². The molecule has 0 N–H and O–H groups in total. The predicted octanol–water partition coefficient (Wildman–Crippen LogP) is 4.84. The third kappa shape index (κ3) is 3.73. The molecule has 0 fully saturated rings. The van der Waals surface area contributed by atoms with Gasteiger partial charge in [-0.15, -0.1) is 0 Å². The summed E-state index contributed by atoms with van der Waals surface area (Å²) >= 11 is 11.2. The van der Waals surface area contributed by atoms with Gasteiger partial charge >= 0.3 is 6.18 Å². The Morgan fingerprint density at radius 2 is 1.57 bits per heavy atom. The van der Waals surface area contributed by atoms with E-state index in [1.54, 1.807) is 0 Å². The molecule has 0 saturated heterocycles. The average molecular weight is 384 g/mol. The summed E-state index contributed by atoms with van der Waals surface area (Å²) in [4.78, 5) is -0.0899. The maximum absolute atomic E-state index is 12.9. The third-order valence-corrected chi connectivity index (χ3v) is 5.47. The fraction of sp³-hybridized carbons (Fsp3) is 0.143. The number of halogens is 5. The van der Waals surface area contributed by atoms with E-state index in [1.165, 1.54) is 30.3 Å². The van der Waals surface area contributed by atoms with Gasteiger partial charge in [0.1, 0.15) is 0 Å². The van der Waals surface area contributed by atoms with E-state index in [4.69, 9.17) is 23.2 Å². The number of anilines is 1. The van der Waals surface area contributed by atoms with Gasteiger partial charge in [-0.1, -0.05) is 23.2 Å². The van der Waals surface area contributed by atoms with Crippen LogP contribution in [0, 0.1) is 0 Å². The van der Waals surface area contributed by atoms with Crippen LogP contribution in [0.1, 0.15) is 5.56 Å². The summed E-state index contributed by atoms with van der Waals surface area (Å²) in [7, 11) is -2.86. The van der Waals surface area contributed by atoms with Crippen molar-refractivity contribution in [2.24, 2.45) is 0 Å². The highest BCUT2D eigenvalue weighted by Gasteiger charge is 2.34. The molecule has 0 radical (unpaired) electrons. The number of rotatable bonds is 3. The molecule has 2 aromatic rings. The quantitative estimate of drug-likeness (QED) is 0.760. The van der Waals surface area contributed by atoms with Gasteiger partial charge in [0.05, 0.1) is 21.2 Å². The molecule has 0 aliphatic carbocycles. The van der Waals surface area contributed by atoms with Crippen LogP contribution in [0.2, 0.25) is 10.0 Å². The SMILES string of the molecule is CN(c1ccc(Cl)c(C(F)(F)F)c1)S(=O)(=O)c1ccc(Cl)cc1. The summed E-state index contributed by atoms with van der Waals surface area (Å²) in [6.07, 6.45) is -4.68. The molecule has 3 nitrogen and oxygen atoms in total. The zero-order valence-corrected chi connectivity index (χ0v) is 13.9. The van der Waals surface area contributed by atoms with Gasteiger partial charge < -0.3 is 0 Å². The monoisotopic (exact) mass is 383 g/mol. The summed E-state index contributed by atoms with van der Waals surface area (Å²) in [6.45, 7) is 0. The van der Waals surface area contributed by atoms with Crippen LogP contribution < -0.4 is 4.31 Å². The molecule has 23 heavy (non-hydrogen) atoms. The van der Waals surface area contributed by atoms with Gasteiger partial charge in [-0.3, -0.25) is 4.31 Å². The first kappa shape index (κ1) is 17.9. The van der Waals surface area contributed by atoms with Gasteiger partial charge in [-0.2, -0.15) is 13.2 Å². The topological polar surface area (TPSA) is 37.4 Å². The smallest absolute Gasteiger partial charge is 0.269 e. The van der Waals surface area contributed by atoms with E-state index in [9.17, 15) is 21.6 Å². The van der Waals surface area contributed by atoms with Crippen molar-refractivity contribution < 1.29 is 21.6 Å². The Bertz CT molecular complexity index is 821. The molecule has 2 aromatic carbocycles. The number of sulfonamides is 1. The van der Waals surface area contributed by atoms with Crippen LogP contribution in [0.3, 0.4) is 0 Å².